The van der Waals surface area contributed by atoms with Crippen LogP contribution in [0.2, 0.25) is 0 Å². The Kier molecular flexibility index (Phi) is 3.65. The molecule has 1 aliphatic rings. The number of rotatable bonds is 3. The van der Waals surface area contributed by atoms with Crippen LogP contribution in [0.1, 0.15) is 22.3 Å². The van der Waals surface area contributed by atoms with E-state index in [2.05, 4.69) is 0 Å². The summed E-state index contributed by atoms with van der Waals surface area (Å²) < 4.78 is 19.1. The standard InChI is InChI=1S/C14H16FNO4/c1-9-3-4-10(7-11(9)20-2)12(17)16-6-5-14(15,8-16)13(18)19/h3-4,7H,5-6,8H2,1-2H3,(H,18,19). The van der Waals surface area contributed by atoms with Crippen molar-refractivity contribution in [3.8, 4) is 5.75 Å². The van der Waals surface area contributed by atoms with Crippen molar-refractivity contribution in [1.29, 1.82) is 0 Å². The summed E-state index contributed by atoms with van der Waals surface area (Å²) in [7, 11) is 1.50. The first-order valence-electron chi connectivity index (χ1n) is 6.23. The van der Waals surface area contributed by atoms with Gasteiger partial charge in [-0.2, -0.15) is 0 Å². The molecule has 0 aromatic heterocycles. The average Bonchev–Trinajstić information content (AvgIpc) is 2.82. The van der Waals surface area contributed by atoms with Gasteiger partial charge < -0.3 is 14.7 Å². The van der Waals surface area contributed by atoms with Crippen molar-refractivity contribution in [2.45, 2.75) is 19.0 Å². The van der Waals surface area contributed by atoms with E-state index in [0.717, 1.165) is 5.56 Å². The zero-order chi connectivity index (χ0) is 14.9. The summed E-state index contributed by atoms with van der Waals surface area (Å²) in [6.45, 7) is 1.52. The lowest BCUT2D eigenvalue weighted by Crippen LogP contribution is -2.38. The van der Waals surface area contributed by atoms with Gasteiger partial charge in [0.05, 0.1) is 13.7 Å². The number of carboxylic acid groups (broad SMARTS) is 1. The number of aliphatic carboxylic acids is 1. The zero-order valence-corrected chi connectivity index (χ0v) is 11.4. The molecule has 0 saturated carbocycles. The van der Waals surface area contributed by atoms with E-state index in [-0.39, 0.29) is 18.9 Å². The molecule has 1 N–H and O–H groups in total. The van der Waals surface area contributed by atoms with Crippen LogP contribution >= 0.6 is 0 Å². The quantitative estimate of drug-likeness (QED) is 0.914. The summed E-state index contributed by atoms with van der Waals surface area (Å²) in [6.07, 6.45) is -0.183. The lowest BCUT2D eigenvalue weighted by atomic mass is 10.1. The highest BCUT2D eigenvalue weighted by molar-refractivity contribution is 5.95. The third kappa shape index (κ3) is 2.45. The summed E-state index contributed by atoms with van der Waals surface area (Å²) >= 11 is 0. The lowest BCUT2D eigenvalue weighted by molar-refractivity contribution is -0.149. The fourth-order valence-corrected chi connectivity index (χ4v) is 2.26. The first-order chi connectivity index (χ1) is 9.37. The Morgan fingerprint density at radius 3 is 2.70 bits per heavy atom. The van der Waals surface area contributed by atoms with Gasteiger partial charge in [0.1, 0.15) is 5.75 Å². The molecule has 1 unspecified atom stereocenters. The maximum Gasteiger partial charge on any atom is 0.343 e. The number of likely N-dealkylation sites (tertiary alicyclic amines) is 1. The van der Waals surface area contributed by atoms with Crippen molar-refractivity contribution >= 4 is 11.9 Å². The molecule has 2 rings (SSSR count). The average molecular weight is 281 g/mol. The van der Waals surface area contributed by atoms with Crippen LogP contribution in [0.3, 0.4) is 0 Å². The minimum Gasteiger partial charge on any atom is -0.496 e. The predicted molar refractivity (Wildman–Crippen MR) is 69.7 cm³/mol. The maximum absolute atomic E-state index is 14.0. The van der Waals surface area contributed by atoms with E-state index < -0.39 is 18.2 Å². The van der Waals surface area contributed by atoms with Gasteiger partial charge in [0.25, 0.3) is 5.91 Å². The molecule has 1 fully saturated rings. The maximum atomic E-state index is 14.0. The molecular weight excluding hydrogens is 265 g/mol. The van der Waals surface area contributed by atoms with Gasteiger partial charge in [0, 0.05) is 18.5 Å². The molecular formula is C14H16FNO4. The van der Waals surface area contributed by atoms with Gasteiger partial charge in [-0.1, -0.05) is 6.07 Å². The molecule has 108 valence electrons. The highest BCUT2D eigenvalue weighted by Gasteiger charge is 2.47. The van der Waals surface area contributed by atoms with Gasteiger partial charge in [-0.3, -0.25) is 4.79 Å². The van der Waals surface area contributed by atoms with Crippen molar-refractivity contribution in [1.82, 2.24) is 4.90 Å². The van der Waals surface area contributed by atoms with E-state index >= 15 is 0 Å². The Morgan fingerprint density at radius 1 is 1.45 bits per heavy atom. The molecule has 1 aromatic rings. The second-order valence-corrected chi connectivity index (χ2v) is 4.93. The number of amides is 1. The zero-order valence-electron chi connectivity index (χ0n) is 11.4. The SMILES string of the molecule is COc1cc(C(=O)N2CCC(F)(C(=O)O)C2)ccc1C. The number of alkyl halides is 1. The minimum absolute atomic E-state index is 0.0951. The Balaban J connectivity index is 2.19. The Labute approximate surface area is 116 Å². The first-order valence-corrected chi connectivity index (χ1v) is 6.23. The second-order valence-electron chi connectivity index (χ2n) is 4.93. The number of halogens is 1. The van der Waals surface area contributed by atoms with E-state index in [1.54, 1.807) is 18.2 Å². The molecule has 0 aliphatic carbocycles. The van der Waals surface area contributed by atoms with Crippen LogP contribution in [-0.2, 0) is 4.79 Å². The summed E-state index contributed by atoms with van der Waals surface area (Å²) in [6, 6.07) is 4.94. The summed E-state index contributed by atoms with van der Waals surface area (Å²) in [5.41, 5.74) is -1.09. The molecule has 6 heteroatoms. The minimum atomic E-state index is -2.34. The summed E-state index contributed by atoms with van der Waals surface area (Å²) in [5.74, 6) is -1.34. The smallest absolute Gasteiger partial charge is 0.343 e. The summed E-state index contributed by atoms with van der Waals surface area (Å²) in [4.78, 5) is 24.3. The molecule has 1 aromatic carbocycles. The Bertz CT molecular complexity index is 560. The number of benzene rings is 1. The van der Waals surface area contributed by atoms with Crippen LogP contribution in [-0.4, -0.2) is 47.8 Å². The largest absolute Gasteiger partial charge is 0.496 e. The lowest BCUT2D eigenvalue weighted by Gasteiger charge is -2.18. The van der Waals surface area contributed by atoms with Crippen LogP contribution in [0.25, 0.3) is 0 Å². The van der Waals surface area contributed by atoms with E-state index in [9.17, 15) is 14.0 Å². The second kappa shape index (κ2) is 5.11. The molecule has 1 aliphatic heterocycles. The van der Waals surface area contributed by atoms with Crippen LogP contribution in [0, 0.1) is 6.92 Å². The molecule has 0 radical (unpaired) electrons. The van der Waals surface area contributed by atoms with Gasteiger partial charge >= 0.3 is 5.97 Å². The predicted octanol–water partition coefficient (Wildman–Crippen LogP) is 1.64. The number of carbonyl (C=O) groups excluding carboxylic acids is 1. The number of methoxy groups -OCH3 is 1. The number of hydrogen-bond acceptors (Lipinski definition) is 3. The van der Waals surface area contributed by atoms with Gasteiger partial charge in [-0.15, -0.1) is 0 Å². The van der Waals surface area contributed by atoms with Gasteiger partial charge in [-0.25, -0.2) is 9.18 Å². The fraction of sp³-hybridized carbons (Fsp3) is 0.429. The number of ether oxygens (including phenoxy) is 1. The number of aryl methyl sites for hydroxylation is 1. The van der Waals surface area contributed by atoms with Crippen LogP contribution in [0.5, 0.6) is 5.75 Å². The molecule has 20 heavy (non-hydrogen) atoms. The molecule has 0 bridgehead atoms. The summed E-state index contributed by atoms with van der Waals surface area (Å²) in [5, 5.41) is 8.83. The first kappa shape index (κ1) is 14.3. The van der Waals surface area contributed by atoms with Crippen molar-refractivity contribution in [3.63, 3.8) is 0 Å². The van der Waals surface area contributed by atoms with E-state index in [1.165, 1.54) is 12.0 Å². The molecule has 5 nitrogen and oxygen atoms in total. The van der Waals surface area contributed by atoms with Crippen molar-refractivity contribution < 1.29 is 23.8 Å². The van der Waals surface area contributed by atoms with E-state index in [4.69, 9.17) is 9.84 Å². The highest BCUT2D eigenvalue weighted by atomic mass is 19.1. The van der Waals surface area contributed by atoms with Gasteiger partial charge in [0.2, 0.25) is 5.67 Å². The van der Waals surface area contributed by atoms with E-state index in [1.807, 2.05) is 6.92 Å². The Morgan fingerprint density at radius 2 is 2.15 bits per heavy atom. The van der Waals surface area contributed by atoms with E-state index in [0.29, 0.717) is 11.3 Å². The molecule has 1 amide bonds. The van der Waals surface area contributed by atoms with Gasteiger partial charge in [0.15, 0.2) is 0 Å². The number of carboxylic acids is 1. The van der Waals surface area contributed by atoms with Crippen molar-refractivity contribution in [3.05, 3.63) is 29.3 Å². The number of hydrogen-bond donors (Lipinski definition) is 1. The molecule has 1 saturated heterocycles. The molecule has 0 spiro atoms. The van der Waals surface area contributed by atoms with Crippen molar-refractivity contribution in [2.75, 3.05) is 20.2 Å². The normalized spacial score (nSPS) is 21.9. The monoisotopic (exact) mass is 281 g/mol. The fourth-order valence-electron chi connectivity index (χ4n) is 2.26. The highest BCUT2D eigenvalue weighted by Crippen LogP contribution is 2.28. The number of nitrogens with zero attached hydrogens (tertiary/aromatic N) is 1. The topological polar surface area (TPSA) is 66.8 Å². The van der Waals surface area contributed by atoms with Crippen molar-refractivity contribution in [2.24, 2.45) is 0 Å². The number of carbonyl (C=O) groups is 2. The third-order valence-electron chi connectivity index (χ3n) is 3.54. The molecule has 1 atom stereocenters. The Hall–Kier alpha value is -2.11. The molecule has 1 heterocycles. The van der Waals surface area contributed by atoms with Gasteiger partial charge in [-0.05, 0) is 24.6 Å². The van der Waals surface area contributed by atoms with Crippen LogP contribution < -0.4 is 4.74 Å². The van der Waals surface area contributed by atoms with Crippen LogP contribution in [0.4, 0.5) is 4.39 Å². The third-order valence-corrected chi connectivity index (χ3v) is 3.54. The van der Waals surface area contributed by atoms with Crippen LogP contribution in [0.15, 0.2) is 18.2 Å².